The first kappa shape index (κ1) is 23.1. The van der Waals surface area contributed by atoms with Gasteiger partial charge < -0.3 is 19.9 Å². The van der Waals surface area contributed by atoms with E-state index in [1.807, 2.05) is 54.6 Å². The third kappa shape index (κ3) is 4.80. The van der Waals surface area contributed by atoms with E-state index in [-0.39, 0.29) is 19.1 Å². The fraction of sp³-hybridized carbons (Fsp3) is 0.310. The van der Waals surface area contributed by atoms with Crippen LogP contribution in [-0.2, 0) is 20.9 Å². The van der Waals surface area contributed by atoms with Gasteiger partial charge in [0, 0.05) is 5.92 Å². The number of carbonyl (C=O) groups excluding carboxylic acids is 2. The molecule has 6 heteroatoms. The molecular weight excluding hydrogens is 442 g/mol. The Kier molecular flexibility index (Phi) is 6.55. The van der Waals surface area contributed by atoms with Gasteiger partial charge in [-0.2, -0.15) is 0 Å². The SMILES string of the molecule is O=C(NC1(C(=O)OCc2ccccc2)CCC(O)CC1)OCC1c2ccccc2-c2ccccc21. The molecule has 3 aromatic carbocycles. The molecule has 0 aromatic heterocycles. The molecule has 35 heavy (non-hydrogen) atoms. The first-order valence-corrected chi connectivity index (χ1v) is 12.1. The molecule has 1 amide bonds. The zero-order chi connectivity index (χ0) is 24.3. The minimum atomic E-state index is -1.21. The second-order valence-electron chi connectivity index (χ2n) is 9.33. The Morgan fingerprint density at radius 2 is 1.40 bits per heavy atom. The van der Waals surface area contributed by atoms with Gasteiger partial charge in [0.05, 0.1) is 6.10 Å². The van der Waals surface area contributed by atoms with Gasteiger partial charge in [-0.15, -0.1) is 0 Å². The first-order valence-electron chi connectivity index (χ1n) is 12.1. The Hall–Kier alpha value is -3.64. The maximum Gasteiger partial charge on any atom is 0.408 e. The van der Waals surface area contributed by atoms with E-state index in [1.165, 1.54) is 0 Å². The summed E-state index contributed by atoms with van der Waals surface area (Å²) in [5.74, 6) is -0.566. The quantitative estimate of drug-likeness (QED) is 0.498. The number of nitrogens with one attached hydrogen (secondary N) is 1. The summed E-state index contributed by atoms with van der Waals surface area (Å²) >= 11 is 0. The van der Waals surface area contributed by atoms with Crippen LogP contribution in [0.1, 0.15) is 48.3 Å². The molecular formula is C29H29NO5. The zero-order valence-corrected chi connectivity index (χ0v) is 19.5. The molecule has 0 atom stereocenters. The maximum absolute atomic E-state index is 13.1. The summed E-state index contributed by atoms with van der Waals surface area (Å²) in [6.07, 6.45) is 0.265. The van der Waals surface area contributed by atoms with Crippen LogP contribution in [0.4, 0.5) is 4.79 Å². The average molecular weight is 472 g/mol. The number of carbonyl (C=O) groups is 2. The van der Waals surface area contributed by atoms with Gasteiger partial charge in [0.1, 0.15) is 18.8 Å². The second-order valence-corrected chi connectivity index (χ2v) is 9.33. The van der Waals surface area contributed by atoms with E-state index in [9.17, 15) is 14.7 Å². The molecule has 2 aliphatic rings. The Labute approximate surface area is 204 Å². The number of alkyl carbamates (subject to hydrolysis) is 1. The van der Waals surface area contributed by atoms with Crippen LogP contribution in [0.15, 0.2) is 78.9 Å². The van der Waals surface area contributed by atoms with E-state index < -0.39 is 23.7 Å². The Morgan fingerprint density at radius 1 is 0.829 bits per heavy atom. The van der Waals surface area contributed by atoms with Crippen molar-refractivity contribution in [2.24, 2.45) is 0 Å². The molecule has 0 radical (unpaired) electrons. The van der Waals surface area contributed by atoms with Crippen molar-refractivity contribution < 1.29 is 24.2 Å². The fourth-order valence-electron chi connectivity index (χ4n) is 5.17. The molecule has 180 valence electrons. The van der Waals surface area contributed by atoms with Crippen molar-refractivity contribution in [3.05, 3.63) is 95.6 Å². The van der Waals surface area contributed by atoms with Crippen LogP contribution in [0.3, 0.4) is 0 Å². The lowest BCUT2D eigenvalue weighted by molar-refractivity contribution is -0.155. The molecule has 3 aromatic rings. The van der Waals surface area contributed by atoms with E-state index in [2.05, 4.69) is 29.6 Å². The molecule has 0 heterocycles. The van der Waals surface area contributed by atoms with Gasteiger partial charge in [0.25, 0.3) is 0 Å². The number of amides is 1. The highest BCUT2D eigenvalue weighted by Gasteiger charge is 2.45. The minimum Gasteiger partial charge on any atom is -0.459 e. The van der Waals surface area contributed by atoms with Crippen molar-refractivity contribution in [3.63, 3.8) is 0 Å². The number of aliphatic hydroxyl groups excluding tert-OH is 1. The molecule has 0 bridgehead atoms. The Bertz CT molecular complexity index is 1150. The van der Waals surface area contributed by atoms with Crippen molar-refractivity contribution in [1.82, 2.24) is 5.32 Å². The predicted molar refractivity (Wildman–Crippen MR) is 132 cm³/mol. The van der Waals surface area contributed by atoms with E-state index in [4.69, 9.17) is 9.47 Å². The zero-order valence-electron chi connectivity index (χ0n) is 19.5. The first-order chi connectivity index (χ1) is 17.1. The van der Waals surface area contributed by atoms with Crippen molar-refractivity contribution in [2.45, 2.75) is 49.9 Å². The van der Waals surface area contributed by atoms with Crippen molar-refractivity contribution in [2.75, 3.05) is 6.61 Å². The normalized spacial score (nSPS) is 21.0. The highest BCUT2D eigenvalue weighted by atomic mass is 16.6. The number of hydrogen-bond acceptors (Lipinski definition) is 5. The van der Waals surface area contributed by atoms with Crippen LogP contribution in [0, 0.1) is 0 Å². The van der Waals surface area contributed by atoms with Crippen LogP contribution in [0.2, 0.25) is 0 Å². The Morgan fingerprint density at radius 3 is 2.03 bits per heavy atom. The summed E-state index contributed by atoms with van der Waals surface area (Å²) in [6.45, 7) is 0.286. The van der Waals surface area contributed by atoms with Gasteiger partial charge in [-0.3, -0.25) is 0 Å². The van der Waals surface area contributed by atoms with Crippen LogP contribution in [0.25, 0.3) is 11.1 Å². The van der Waals surface area contributed by atoms with E-state index in [0.29, 0.717) is 25.7 Å². The minimum absolute atomic E-state index is 0.0673. The molecule has 1 saturated carbocycles. The number of ether oxygens (including phenoxy) is 2. The topological polar surface area (TPSA) is 84.9 Å². The molecule has 2 aliphatic carbocycles. The average Bonchev–Trinajstić information content (AvgIpc) is 3.22. The van der Waals surface area contributed by atoms with Crippen molar-refractivity contribution >= 4 is 12.1 Å². The third-order valence-corrected chi connectivity index (χ3v) is 7.10. The second kappa shape index (κ2) is 9.92. The van der Waals surface area contributed by atoms with E-state index in [0.717, 1.165) is 27.8 Å². The van der Waals surface area contributed by atoms with E-state index >= 15 is 0 Å². The summed E-state index contributed by atoms with van der Waals surface area (Å²) in [4.78, 5) is 26.1. The van der Waals surface area contributed by atoms with E-state index in [1.54, 1.807) is 0 Å². The number of esters is 1. The summed E-state index contributed by atoms with van der Waals surface area (Å²) < 4.78 is 11.3. The molecule has 0 saturated heterocycles. The van der Waals surface area contributed by atoms with Gasteiger partial charge in [-0.1, -0.05) is 78.9 Å². The van der Waals surface area contributed by atoms with Crippen LogP contribution < -0.4 is 5.32 Å². The summed E-state index contributed by atoms with van der Waals surface area (Å²) in [5, 5.41) is 12.8. The van der Waals surface area contributed by atoms with Gasteiger partial charge in [-0.25, -0.2) is 9.59 Å². The summed E-state index contributed by atoms with van der Waals surface area (Å²) in [6, 6.07) is 25.7. The molecule has 0 aliphatic heterocycles. The lowest BCUT2D eigenvalue weighted by Crippen LogP contribution is -2.57. The number of hydrogen-bond donors (Lipinski definition) is 2. The standard InChI is InChI=1S/C29H29NO5/c31-21-14-16-29(17-15-21,27(32)34-18-20-8-2-1-3-9-20)30-28(33)35-19-26-24-12-6-4-10-22(24)23-11-5-7-13-25(23)26/h1-13,21,26,31H,14-19H2,(H,30,33). The summed E-state index contributed by atoms with van der Waals surface area (Å²) in [5.41, 5.74) is 4.21. The molecule has 0 unspecified atom stereocenters. The lowest BCUT2D eigenvalue weighted by Gasteiger charge is -2.37. The van der Waals surface area contributed by atoms with Crippen LogP contribution in [0.5, 0.6) is 0 Å². The van der Waals surface area contributed by atoms with Crippen LogP contribution >= 0.6 is 0 Å². The van der Waals surface area contributed by atoms with Gasteiger partial charge in [0.15, 0.2) is 0 Å². The monoisotopic (exact) mass is 471 g/mol. The van der Waals surface area contributed by atoms with Gasteiger partial charge in [-0.05, 0) is 53.5 Å². The molecule has 0 spiro atoms. The van der Waals surface area contributed by atoms with Gasteiger partial charge in [0.2, 0.25) is 0 Å². The smallest absolute Gasteiger partial charge is 0.408 e. The molecule has 1 fully saturated rings. The van der Waals surface area contributed by atoms with Crippen molar-refractivity contribution in [1.29, 1.82) is 0 Å². The molecule has 6 nitrogen and oxygen atoms in total. The number of benzene rings is 3. The molecule has 5 rings (SSSR count). The fourth-order valence-corrected chi connectivity index (χ4v) is 5.17. The molecule has 2 N–H and O–H groups in total. The van der Waals surface area contributed by atoms with Crippen LogP contribution in [-0.4, -0.2) is 35.4 Å². The summed E-state index contributed by atoms with van der Waals surface area (Å²) in [7, 11) is 0. The lowest BCUT2D eigenvalue weighted by atomic mass is 9.80. The maximum atomic E-state index is 13.1. The Balaban J connectivity index is 1.27. The number of rotatable bonds is 6. The highest BCUT2D eigenvalue weighted by Crippen LogP contribution is 2.44. The number of aliphatic hydroxyl groups is 1. The number of fused-ring (bicyclic) bond motifs is 3. The third-order valence-electron chi connectivity index (χ3n) is 7.10. The van der Waals surface area contributed by atoms with Gasteiger partial charge >= 0.3 is 12.1 Å². The highest BCUT2D eigenvalue weighted by molar-refractivity contribution is 5.86. The predicted octanol–water partition coefficient (Wildman–Crippen LogP) is 4.94. The van der Waals surface area contributed by atoms with Crippen molar-refractivity contribution in [3.8, 4) is 11.1 Å². The largest absolute Gasteiger partial charge is 0.459 e.